The zero-order chi connectivity index (χ0) is 20.6. The van der Waals surface area contributed by atoms with E-state index in [1.54, 1.807) is 36.4 Å². The van der Waals surface area contributed by atoms with Crippen LogP contribution in [0.5, 0.6) is 5.75 Å². The van der Waals surface area contributed by atoms with E-state index in [0.717, 1.165) is 31.2 Å². The van der Waals surface area contributed by atoms with E-state index in [9.17, 15) is 14.0 Å². The molecule has 0 unspecified atom stereocenters. The van der Waals surface area contributed by atoms with Crippen molar-refractivity contribution in [2.24, 2.45) is 0 Å². The summed E-state index contributed by atoms with van der Waals surface area (Å²) in [5.74, 6) is -0.298. The summed E-state index contributed by atoms with van der Waals surface area (Å²) >= 11 is 0. The van der Waals surface area contributed by atoms with E-state index in [1.807, 2.05) is 4.90 Å². The first kappa shape index (κ1) is 20.8. The molecule has 1 fully saturated rings. The number of amides is 1. The van der Waals surface area contributed by atoms with Crippen molar-refractivity contribution in [2.75, 3.05) is 13.7 Å². The van der Waals surface area contributed by atoms with E-state index < -0.39 is 5.97 Å². The number of methoxy groups -OCH3 is 1. The van der Waals surface area contributed by atoms with Gasteiger partial charge in [0, 0.05) is 12.6 Å². The minimum Gasteiger partial charge on any atom is -0.484 e. The molecule has 0 atom stereocenters. The molecule has 1 aliphatic rings. The second kappa shape index (κ2) is 10.0. The van der Waals surface area contributed by atoms with Crippen LogP contribution in [0.25, 0.3) is 0 Å². The summed E-state index contributed by atoms with van der Waals surface area (Å²) in [5.41, 5.74) is 1.32. The molecule has 0 aliphatic heterocycles. The largest absolute Gasteiger partial charge is 0.484 e. The van der Waals surface area contributed by atoms with Gasteiger partial charge >= 0.3 is 5.97 Å². The maximum atomic E-state index is 13.2. The molecule has 1 aliphatic carbocycles. The Morgan fingerprint density at radius 2 is 1.66 bits per heavy atom. The van der Waals surface area contributed by atoms with Crippen LogP contribution in [-0.4, -0.2) is 36.5 Å². The Labute approximate surface area is 170 Å². The van der Waals surface area contributed by atoms with Gasteiger partial charge in [0.1, 0.15) is 11.6 Å². The molecular weight excluding hydrogens is 373 g/mol. The Hall–Kier alpha value is -2.89. The van der Waals surface area contributed by atoms with Crippen molar-refractivity contribution < 1.29 is 23.5 Å². The predicted molar refractivity (Wildman–Crippen MR) is 107 cm³/mol. The Bertz CT molecular complexity index is 814. The summed E-state index contributed by atoms with van der Waals surface area (Å²) in [7, 11) is 1.33. The van der Waals surface area contributed by atoms with Crippen LogP contribution in [-0.2, 0) is 16.1 Å². The molecule has 0 heterocycles. The molecule has 5 nitrogen and oxygen atoms in total. The Morgan fingerprint density at radius 1 is 1.00 bits per heavy atom. The molecule has 2 aromatic rings. The Kier molecular flexibility index (Phi) is 7.22. The molecule has 0 bridgehead atoms. The molecule has 0 aromatic heterocycles. The minimum absolute atomic E-state index is 0.0880. The molecule has 1 amide bonds. The lowest BCUT2D eigenvalue weighted by molar-refractivity contribution is -0.137. The van der Waals surface area contributed by atoms with E-state index in [4.69, 9.17) is 4.74 Å². The van der Waals surface area contributed by atoms with Crippen molar-refractivity contribution in [1.29, 1.82) is 0 Å². The van der Waals surface area contributed by atoms with Crippen LogP contribution >= 0.6 is 0 Å². The third-order valence-corrected chi connectivity index (χ3v) is 5.24. The van der Waals surface area contributed by atoms with Gasteiger partial charge in [-0.25, -0.2) is 9.18 Å². The molecule has 3 rings (SSSR count). The first-order valence-electron chi connectivity index (χ1n) is 9.92. The smallest absolute Gasteiger partial charge is 0.337 e. The normalized spacial score (nSPS) is 14.3. The molecule has 154 valence electrons. The Balaban J connectivity index is 1.65. The molecule has 1 saturated carbocycles. The average molecular weight is 399 g/mol. The SMILES string of the molecule is COC(=O)c1ccc(OCC(=O)N(Cc2ccc(F)cc2)C2CCCCC2)cc1. The maximum Gasteiger partial charge on any atom is 0.337 e. The van der Waals surface area contributed by atoms with Crippen LogP contribution in [0, 0.1) is 5.82 Å². The van der Waals surface area contributed by atoms with E-state index in [1.165, 1.54) is 25.7 Å². The van der Waals surface area contributed by atoms with Crippen LogP contribution in [0.3, 0.4) is 0 Å². The number of esters is 1. The standard InChI is InChI=1S/C23H26FNO4/c1-28-23(27)18-9-13-21(14-10-18)29-16-22(26)25(20-5-3-2-4-6-20)15-17-7-11-19(24)12-8-17/h7-14,20H,2-6,15-16H2,1H3. The molecule has 0 radical (unpaired) electrons. The second-order valence-electron chi connectivity index (χ2n) is 7.24. The summed E-state index contributed by atoms with van der Waals surface area (Å²) in [6, 6.07) is 12.9. The first-order chi connectivity index (χ1) is 14.1. The van der Waals surface area contributed by atoms with Gasteiger partial charge in [-0.1, -0.05) is 31.4 Å². The van der Waals surface area contributed by atoms with Crippen molar-refractivity contribution in [2.45, 2.75) is 44.7 Å². The monoisotopic (exact) mass is 399 g/mol. The highest BCUT2D eigenvalue weighted by molar-refractivity contribution is 5.89. The summed E-state index contributed by atoms with van der Waals surface area (Å²) in [6.45, 7) is 0.351. The molecule has 0 saturated heterocycles. The topological polar surface area (TPSA) is 55.8 Å². The molecule has 0 spiro atoms. The van der Waals surface area contributed by atoms with Gasteiger partial charge in [0.15, 0.2) is 6.61 Å². The van der Waals surface area contributed by atoms with E-state index in [-0.39, 0.29) is 24.4 Å². The van der Waals surface area contributed by atoms with Gasteiger partial charge in [-0.3, -0.25) is 4.79 Å². The van der Waals surface area contributed by atoms with Crippen LogP contribution < -0.4 is 4.74 Å². The highest BCUT2D eigenvalue weighted by Crippen LogP contribution is 2.25. The number of hydrogen-bond acceptors (Lipinski definition) is 4. The molecule has 0 N–H and O–H groups in total. The number of nitrogens with zero attached hydrogens (tertiary/aromatic N) is 1. The van der Waals surface area contributed by atoms with Crippen molar-refractivity contribution in [3.05, 3.63) is 65.5 Å². The fraction of sp³-hybridized carbons (Fsp3) is 0.391. The van der Waals surface area contributed by atoms with Crippen LogP contribution in [0.4, 0.5) is 4.39 Å². The lowest BCUT2D eigenvalue weighted by Crippen LogP contribution is -2.43. The Morgan fingerprint density at radius 3 is 2.28 bits per heavy atom. The molecular formula is C23H26FNO4. The van der Waals surface area contributed by atoms with Gasteiger partial charge < -0.3 is 14.4 Å². The molecule has 6 heteroatoms. The number of benzene rings is 2. The lowest BCUT2D eigenvalue weighted by atomic mass is 9.93. The minimum atomic E-state index is -0.421. The zero-order valence-electron chi connectivity index (χ0n) is 16.6. The van der Waals surface area contributed by atoms with Gasteiger partial charge in [-0.05, 0) is 54.8 Å². The summed E-state index contributed by atoms with van der Waals surface area (Å²) in [4.78, 5) is 26.3. The zero-order valence-corrected chi connectivity index (χ0v) is 16.6. The number of carbonyl (C=O) groups is 2. The number of ether oxygens (including phenoxy) is 2. The summed E-state index contributed by atoms with van der Waals surface area (Å²) < 4.78 is 23.6. The van der Waals surface area contributed by atoms with Crippen molar-refractivity contribution in [3.63, 3.8) is 0 Å². The van der Waals surface area contributed by atoms with Crippen molar-refractivity contribution >= 4 is 11.9 Å². The maximum absolute atomic E-state index is 13.2. The quantitative estimate of drug-likeness (QED) is 0.650. The van der Waals surface area contributed by atoms with Crippen LogP contribution in [0.15, 0.2) is 48.5 Å². The van der Waals surface area contributed by atoms with Crippen molar-refractivity contribution in [1.82, 2.24) is 4.90 Å². The number of hydrogen-bond donors (Lipinski definition) is 0. The van der Waals surface area contributed by atoms with Gasteiger partial charge in [0.2, 0.25) is 0 Å². The number of rotatable bonds is 7. The first-order valence-corrected chi connectivity index (χ1v) is 9.92. The predicted octanol–water partition coefficient (Wildman–Crippen LogP) is 4.35. The second-order valence-corrected chi connectivity index (χ2v) is 7.24. The highest BCUT2D eigenvalue weighted by atomic mass is 19.1. The highest BCUT2D eigenvalue weighted by Gasteiger charge is 2.26. The molecule has 29 heavy (non-hydrogen) atoms. The van der Waals surface area contributed by atoms with E-state index in [2.05, 4.69) is 4.74 Å². The van der Waals surface area contributed by atoms with Gasteiger partial charge in [0.05, 0.1) is 12.7 Å². The van der Waals surface area contributed by atoms with E-state index in [0.29, 0.717) is 17.9 Å². The fourth-order valence-electron chi connectivity index (χ4n) is 3.63. The summed E-state index contributed by atoms with van der Waals surface area (Å²) in [5, 5.41) is 0. The number of halogens is 1. The van der Waals surface area contributed by atoms with Gasteiger partial charge in [-0.2, -0.15) is 0 Å². The average Bonchev–Trinajstić information content (AvgIpc) is 2.77. The van der Waals surface area contributed by atoms with Crippen molar-refractivity contribution in [3.8, 4) is 5.75 Å². The molecule has 2 aromatic carbocycles. The van der Waals surface area contributed by atoms with Gasteiger partial charge in [-0.15, -0.1) is 0 Å². The van der Waals surface area contributed by atoms with Crippen LogP contribution in [0.1, 0.15) is 48.0 Å². The van der Waals surface area contributed by atoms with Crippen LogP contribution in [0.2, 0.25) is 0 Å². The third-order valence-electron chi connectivity index (χ3n) is 5.24. The summed E-state index contributed by atoms with van der Waals surface area (Å²) in [6.07, 6.45) is 5.35. The fourth-order valence-corrected chi connectivity index (χ4v) is 3.63. The van der Waals surface area contributed by atoms with E-state index >= 15 is 0 Å². The number of carbonyl (C=O) groups excluding carboxylic acids is 2. The lowest BCUT2D eigenvalue weighted by Gasteiger charge is -2.34. The van der Waals surface area contributed by atoms with Gasteiger partial charge in [0.25, 0.3) is 5.91 Å². The third kappa shape index (κ3) is 5.79.